The van der Waals surface area contributed by atoms with Crippen molar-refractivity contribution in [2.24, 2.45) is 0 Å². The fraction of sp³-hybridized carbons (Fsp3) is 0.222. The Labute approximate surface area is 142 Å². The molecule has 3 nitrogen and oxygen atoms in total. The minimum absolute atomic E-state index is 0.202. The Balaban J connectivity index is 2.20. The van der Waals surface area contributed by atoms with Crippen molar-refractivity contribution in [3.8, 4) is 11.3 Å². The molecule has 0 unspecified atom stereocenters. The summed E-state index contributed by atoms with van der Waals surface area (Å²) in [5.74, 6) is -1.35. The summed E-state index contributed by atoms with van der Waals surface area (Å²) in [6.45, 7) is 0.424. The summed E-state index contributed by atoms with van der Waals surface area (Å²) in [5, 5.41) is 5.50. The maximum absolute atomic E-state index is 13.6. The van der Waals surface area contributed by atoms with E-state index in [0.717, 1.165) is 18.6 Å². The topological polar surface area (TPSA) is 34.9 Å². The van der Waals surface area contributed by atoms with Crippen molar-refractivity contribution in [3.05, 3.63) is 64.5 Å². The average molecular weight is 349 g/mol. The molecule has 0 amide bonds. The molecule has 0 N–H and O–H groups in total. The van der Waals surface area contributed by atoms with Crippen LogP contribution < -0.4 is 5.56 Å². The first-order chi connectivity index (χ1) is 11.6. The van der Waals surface area contributed by atoms with Crippen LogP contribution in [0.25, 0.3) is 22.0 Å². The van der Waals surface area contributed by atoms with Crippen LogP contribution in [0.1, 0.15) is 12.8 Å². The normalized spacial score (nSPS) is 11.1. The molecule has 0 saturated heterocycles. The smallest absolute Gasteiger partial charge is 0.267 e. The van der Waals surface area contributed by atoms with Gasteiger partial charge in [-0.15, -0.1) is 11.6 Å². The van der Waals surface area contributed by atoms with E-state index in [9.17, 15) is 13.6 Å². The average Bonchev–Trinajstić information content (AvgIpc) is 2.60. The molecule has 0 bridgehead atoms. The molecule has 124 valence electrons. The van der Waals surface area contributed by atoms with Crippen LogP contribution in [0.3, 0.4) is 0 Å². The van der Waals surface area contributed by atoms with E-state index in [4.69, 9.17) is 11.6 Å². The van der Waals surface area contributed by atoms with Crippen molar-refractivity contribution < 1.29 is 8.78 Å². The van der Waals surface area contributed by atoms with E-state index < -0.39 is 11.6 Å². The van der Waals surface area contributed by atoms with Gasteiger partial charge in [-0.1, -0.05) is 18.2 Å². The third-order valence-electron chi connectivity index (χ3n) is 3.81. The summed E-state index contributed by atoms with van der Waals surface area (Å²) >= 11 is 5.68. The molecule has 0 fully saturated rings. The Bertz CT molecular complexity index is 940. The van der Waals surface area contributed by atoms with Crippen molar-refractivity contribution in [1.82, 2.24) is 9.78 Å². The molecular formula is C18H15ClF2N2O. The lowest BCUT2D eigenvalue weighted by Gasteiger charge is -2.11. The van der Waals surface area contributed by atoms with Crippen molar-refractivity contribution in [1.29, 1.82) is 0 Å². The molecule has 24 heavy (non-hydrogen) atoms. The largest absolute Gasteiger partial charge is 0.274 e. The lowest BCUT2D eigenvalue weighted by atomic mass is 10.0. The fourth-order valence-corrected chi connectivity index (χ4v) is 2.79. The van der Waals surface area contributed by atoms with Crippen molar-refractivity contribution >= 4 is 22.4 Å². The third-order valence-corrected chi connectivity index (χ3v) is 4.08. The summed E-state index contributed by atoms with van der Waals surface area (Å²) in [6.07, 6.45) is 1.48. The van der Waals surface area contributed by atoms with Gasteiger partial charge in [-0.05, 0) is 37.1 Å². The molecule has 0 aliphatic rings. The van der Waals surface area contributed by atoms with Gasteiger partial charge in [0.05, 0.1) is 11.1 Å². The Hall–Kier alpha value is -2.27. The van der Waals surface area contributed by atoms with E-state index in [1.807, 2.05) is 0 Å². The van der Waals surface area contributed by atoms with Gasteiger partial charge < -0.3 is 0 Å². The van der Waals surface area contributed by atoms with Crippen molar-refractivity contribution in [2.75, 3.05) is 5.88 Å². The summed E-state index contributed by atoms with van der Waals surface area (Å²) < 4.78 is 28.2. The predicted molar refractivity (Wildman–Crippen MR) is 91.3 cm³/mol. The van der Waals surface area contributed by atoms with Gasteiger partial charge in [-0.25, -0.2) is 13.5 Å². The monoisotopic (exact) mass is 348 g/mol. The van der Waals surface area contributed by atoms with Crippen LogP contribution in [0.5, 0.6) is 0 Å². The van der Waals surface area contributed by atoms with Crippen LogP contribution in [0.15, 0.2) is 47.3 Å². The summed E-state index contributed by atoms with van der Waals surface area (Å²) in [6, 6.07) is 10.6. The van der Waals surface area contributed by atoms with Gasteiger partial charge in [0.25, 0.3) is 5.56 Å². The van der Waals surface area contributed by atoms with Crippen molar-refractivity contribution in [2.45, 2.75) is 19.4 Å². The molecule has 1 aromatic heterocycles. The number of benzene rings is 2. The number of unbranched alkanes of at least 4 members (excludes halogenated alkanes) is 1. The molecule has 1 heterocycles. The van der Waals surface area contributed by atoms with Crippen LogP contribution in [-0.4, -0.2) is 15.7 Å². The molecule has 0 saturated carbocycles. The summed E-state index contributed by atoms with van der Waals surface area (Å²) in [5.41, 5.74) is 0.678. The first kappa shape index (κ1) is 16.6. The van der Waals surface area contributed by atoms with Gasteiger partial charge >= 0.3 is 0 Å². The van der Waals surface area contributed by atoms with Crippen LogP contribution in [0, 0.1) is 11.6 Å². The number of halogens is 3. The standard InChI is InChI=1S/C18H15ClF2N2O/c19-9-3-4-10-23-18(24)14-6-2-1-5-13(14)17(22-23)12-7-8-15(20)16(21)11-12/h1-2,5-8,11H,3-4,9-10H2. The molecule has 3 aromatic rings. The Kier molecular flexibility index (Phi) is 4.90. The number of hydrogen-bond donors (Lipinski definition) is 0. The Morgan fingerprint density at radius 2 is 1.75 bits per heavy atom. The summed E-state index contributed by atoms with van der Waals surface area (Å²) in [4.78, 5) is 12.6. The molecular weight excluding hydrogens is 334 g/mol. The number of fused-ring (bicyclic) bond motifs is 1. The summed E-state index contributed by atoms with van der Waals surface area (Å²) in [7, 11) is 0. The lowest BCUT2D eigenvalue weighted by molar-refractivity contribution is 0.509. The fourth-order valence-electron chi connectivity index (χ4n) is 2.60. The minimum atomic E-state index is -0.946. The number of rotatable bonds is 5. The number of hydrogen-bond acceptors (Lipinski definition) is 2. The van der Waals surface area contributed by atoms with Gasteiger partial charge in [0.2, 0.25) is 0 Å². The van der Waals surface area contributed by atoms with Gasteiger partial charge in [0.15, 0.2) is 11.6 Å². The zero-order chi connectivity index (χ0) is 17.1. The molecule has 0 radical (unpaired) electrons. The maximum Gasteiger partial charge on any atom is 0.274 e. The molecule has 6 heteroatoms. The Morgan fingerprint density at radius 3 is 2.46 bits per heavy atom. The van der Waals surface area contributed by atoms with E-state index in [2.05, 4.69) is 5.10 Å². The number of aromatic nitrogens is 2. The molecule has 0 aliphatic carbocycles. The first-order valence-electron chi connectivity index (χ1n) is 7.63. The number of aryl methyl sites for hydroxylation is 1. The van der Waals surface area contributed by atoms with E-state index >= 15 is 0 Å². The molecule has 0 spiro atoms. The molecule has 3 rings (SSSR count). The highest BCUT2D eigenvalue weighted by Crippen LogP contribution is 2.26. The van der Waals surface area contributed by atoms with Gasteiger partial charge in [-0.2, -0.15) is 5.10 Å². The predicted octanol–water partition coefficient (Wildman–Crippen LogP) is 4.36. The zero-order valence-electron chi connectivity index (χ0n) is 12.8. The lowest BCUT2D eigenvalue weighted by Crippen LogP contribution is -2.24. The van der Waals surface area contributed by atoms with Crippen LogP contribution in [0.2, 0.25) is 0 Å². The minimum Gasteiger partial charge on any atom is -0.267 e. The first-order valence-corrected chi connectivity index (χ1v) is 8.16. The Morgan fingerprint density at radius 1 is 1.00 bits per heavy atom. The molecule has 0 aliphatic heterocycles. The number of alkyl halides is 1. The van der Waals surface area contributed by atoms with Crippen molar-refractivity contribution in [3.63, 3.8) is 0 Å². The second-order valence-electron chi connectivity index (χ2n) is 5.45. The molecule has 0 atom stereocenters. The molecule has 2 aromatic carbocycles. The zero-order valence-corrected chi connectivity index (χ0v) is 13.6. The van der Waals surface area contributed by atoms with E-state index in [1.165, 1.54) is 10.7 Å². The van der Waals surface area contributed by atoms with Crippen LogP contribution in [-0.2, 0) is 6.54 Å². The highest BCUT2D eigenvalue weighted by Gasteiger charge is 2.13. The van der Waals surface area contributed by atoms with Gasteiger partial charge in [0.1, 0.15) is 0 Å². The van der Waals surface area contributed by atoms with E-state index in [-0.39, 0.29) is 5.56 Å². The van der Waals surface area contributed by atoms with E-state index in [1.54, 1.807) is 24.3 Å². The SMILES string of the molecule is O=c1c2ccccc2c(-c2ccc(F)c(F)c2)nn1CCCCCl. The van der Waals surface area contributed by atoms with Gasteiger partial charge in [-0.3, -0.25) is 4.79 Å². The second kappa shape index (κ2) is 7.09. The van der Waals surface area contributed by atoms with Gasteiger partial charge in [0, 0.05) is 23.4 Å². The van der Waals surface area contributed by atoms with Crippen LogP contribution >= 0.6 is 11.6 Å². The highest BCUT2D eigenvalue weighted by atomic mass is 35.5. The van der Waals surface area contributed by atoms with E-state index in [0.29, 0.717) is 40.9 Å². The highest BCUT2D eigenvalue weighted by molar-refractivity contribution is 6.17. The number of nitrogens with zero attached hydrogens (tertiary/aromatic N) is 2. The quantitative estimate of drug-likeness (QED) is 0.507. The van der Waals surface area contributed by atoms with Crippen LogP contribution in [0.4, 0.5) is 8.78 Å². The third kappa shape index (κ3) is 3.17. The maximum atomic E-state index is 13.6. The second-order valence-corrected chi connectivity index (χ2v) is 5.83.